The maximum atomic E-state index is 13.1. The summed E-state index contributed by atoms with van der Waals surface area (Å²) in [6.45, 7) is 4.77. The molecule has 0 aliphatic carbocycles. The van der Waals surface area contributed by atoms with Crippen molar-refractivity contribution < 1.29 is 27.5 Å². The third-order valence-electron chi connectivity index (χ3n) is 4.38. The molecular weight excluding hydrogens is 415 g/mol. The van der Waals surface area contributed by atoms with Crippen molar-refractivity contribution in [1.29, 1.82) is 0 Å². The first-order chi connectivity index (χ1) is 14.6. The first-order valence-corrected chi connectivity index (χ1v) is 9.40. The Morgan fingerprint density at radius 2 is 1.81 bits per heavy atom. The lowest BCUT2D eigenvalue weighted by molar-refractivity contribution is -0.144. The molecule has 31 heavy (non-hydrogen) atoms. The van der Waals surface area contributed by atoms with Gasteiger partial charge in [0.15, 0.2) is 0 Å². The number of rotatable bonds is 6. The van der Waals surface area contributed by atoms with E-state index in [2.05, 4.69) is 15.1 Å². The van der Waals surface area contributed by atoms with Crippen molar-refractivity contribution in [1.82, 2.24) is 24.5 Å². The van der Waals surface area contributed by atoms with Gasteiger partial charge in [0.1, 0.15) is 6.54 Å². The molecule has 0 unspecified atom stereocenters. The van der Waals surface area contributed by atoms with Crippen molar-refractivity contribution in [2.75, 3.05) is 13.2 Å². The zero-order valence-electron chi connectivity index (χ0n) is 17.1. The van der Waals surface area contributed by atoms with Gasteiger partial charge in [0.25, 0.3) is 11.7 Å². The van der Waals surface area contributed by atoms with E-state index in [0.717, 1.165) is 17.0 Å². The molecule has 0 aliphatic heterocycles. The number of carbonyl (C=O) groups is 2. The van der Waals surface area contributed by atoms with Gasteiger partial charge in [-0.3, -0.25) is 9.59 Å². The van der Waals surface area contributed by atoms with Crippen molar-refractivity contribution in [2.45, 2.75) is 33.5 Å². The minimum Gasteiger partial charge on any atom is -0.465 e. The lowest BCUT2D eigenvalue weighted by Crippen LogP contribution is -2.36. The first-order valence-electron chi connectivity index (χ1n) is 9.40. The number of halogens is 3. The standard InChI is InChI=1S/C20H20F3N5O3/c1-4-31-16(29)11-27(10-14-5-7-15(8-6-14)20(21,22)23)18(30)17-25-19-24-12(2)9-13(3)28(19)26-17/h5-9H,4,10-11H2,1-3H3. The predicted molar refractivity (Wildman–Crippen MR) is 103 cm³/mol. The Morgan fingerprint density at radius 1 is 1.13 bits per heavy atom. The number of benzene rings is 1. The molecule has 164 valence electrons. The minimum absolute atomic E-state index is 0.121. The summed E-state index contributed by atoms with van der Waals surface area (Å²) < 4.78 is 44.7. The van der Waals surface area contributed by atoms with Crippen LogP contribution in [0.3, 0.4) is 0 Å². The van der Waals surface area contributed by atoms with Crippen LogP contribution in [0.5, 0.6) is 0 Å². The first kappa shape index (κ1) is 22.2. The normalized spacial score (nSPS) is 11.5. The number of hydrogen-bond donors (Lipinski definition) is 0. The zero-order valence-corrected chi connectivity index (χ0v) is 17.1. The maximum Gasteiger partial charge on any atom is 0.416 e. The highest BCUT2D eigenvalue weighted by molar-refractivity contribution is 5.93. The highest BCUT2D eigenvalue weighted by Gasteiger charge is 2.30. The molecule has 0 atom stereocenters. The van der Waals surface area contributed by atoms with Crippen LogP contribution < -0.4 is 0 Å². The Hall–Kier alpha value is -3.50. The third-order valence-corrected chi connectivity index (χ3v) is 4.38. The number of ether oxygens (including phenoxy) is 1. The number of fused-ring (bicyclic) bond motifs is 1. The van der Waals surface area contributed by atoms with Crippen LogP contribution in [0.4, 0.5) is 13.2 Å². The highest BCUT2D eigenvalue weighted by atomic mass is 19.4. The van der Waals surface area contributed by atoms with E-state index in [0.29, 0.717) is 17.0 Å². The summed E-state index contributed by atoms with van der Waals surface area (Å²) in [7, 11) is 0. The molecule has 0 saturated heterocycles. The fourth-order valence-electron chi connectivity index (χ4n) is 2.98. The van der Waals surface area contributed by atoms with Gasteiger partial charge in [0.05, 0.1) is 12.2 Å². The number of nitrogens with zero attached hydrogens (tertiary/aromatic N) is 5. The quantitative estimate of drug-likeness (QED) is 0.553. The van der Waals surface area contributed by atoms with Crippen LogP contribution in [0, 0.1) is 13.8 Å². The monoisotopic (exact) mass is 435 g/mol. The van der Waals surface area contributed by atoms with Crippen LogP contribution in [0.1, 0.15) is 40.1 Å². The molecule has 0 N–H and O–H groups in total. The summed E-state index contributed by atoms with van der Waals surface area (Å²) in [6.07, 6.45) is -4.47. The van der Waals surface area contributed by atoms with Crippen LogP contribution >= 0.6 is 0 Å². The Bertz CT molecular complexity index is 1110. The van der Waals surface area contributed by atoms with Crippen molar-refractivity contribution in [2.24, 2.45) is 0 Å². The van der Waals surface area contributed by atoms with E-state index in [1.54, 1.807) is 26.8 Å². The number of carbonyl (C=O) groups excluding carboxylic acids is 2. The van der Waals surface area contributed by atoms with Gasteiger partial charge in [0.2, 0.25) is 5.82 Å². The van der Waals surface area contributed by atoms with E-state index in [4.69, 9.17) is 4.74 Å². The Kier molecular flexibility index (Phi) is 6.23. The van der Waals surface area contributed by atoms with Gasteiger partial charge in [-0.2, -0.15) is 18.2 Å². The second-order valence-electron chi connectivity index (χ2n) is 6.85. The SMILES string of the molecule is CCOC(=O)CN(Cc1ccc(C(F)(F)F)cc1)C(=O)c1nc2nc(C)cc(C)n2n1. The lowest BCUT2D eigenvalue weighted by Gasteiger charge is -2.20. The number of hydrogen-bond acceptors (Lipinski definition) is 6. The average Bonchev–Trinajstić information content (AvgIpc) is 3.11. The van der Waals surface area contributed by atoms with E-state index in [1.807, 2.05) is 0 Å². The molecule has 0 bridgehead atoms. The van der Waals surface area contributed by atoms with Gasteiger partial charge in [0, 0.05) is 17.9 Å². The average molecular weight is 435 g/mol. The van der Waals surface area contributed by atoms with Gasteiger partial charge in [-0.05, 0) is 44.5 Å². The fraction of sp³-hybridized carbons (Fsp3) is 0.350. The number of esters is 1. The van der Waals surface area contributed by atoms with Crippen molar-refractivity contribution in [3.05, 3.63) is 58.7 Å². The number of aryl methyl sites for hydroxylation is 2. The second kappa shape index (κ2) is 8.70. The summed E-state index contributed by atoms with van der Waals surface area (Å²) in [5.74, 6) is -1.28. The summed E-state index contributed by atoms with van der Waals surface area (Å²) in [6, 6.07) is 6.11. The molecule has 2 aromatic heterocycles. The summed E-state index contributed by atoms with van der Waals surface area (Å²) in [5, 5.41) is 4.17. The van der Waals surface area contributed by atoms with Gasteiger partial charge < -0.3 is 9.64 Å². The van der Waals surface area contributed by atoms with Crippen LogP contribution in [0.2, 0.25) is 0 Å². The predicted octanol–water partition coefficient (Wildman–Crippen LogP) is 2.97. The molecule has 1 amide bonds. The van der Waals surface area contributed by atoms with E-state index in [1.165, 1.54) is 16.6 Å². The van der Waals surface area contributed by atoms with Gasteiger partial charge in [-0.25, -0.2) is 9.50 Å². The fourth-order valence-corrected chi connectivity index (χ4v) is 2.98. The summed E-state index contributed by atoms with van der Waals surface area (Å²) >= 11 is 0. The number of amides is 1. The smallest absolute Gasteiger partial charge is 0.416 e. The van der Waals surface area contributed by atoms with Crippen molar-refractivity contribution in [3.63, 3.8) is 0 Å². The van der Waals surface area contributed by atoms with Crippen LogP contribution in [-0.4, -0.2) is 49.5 Å². The van der Waals surface area contributed by atoms with E-state index < -0.39 is 30.2 Å². The minimum atomic E-state index is -4.47. The largest absolute Gasteiger partial charge is 0.465 e. The third kappa shape index (κ3) is 5.16. The van der Waals surface area contributed by atoms with Gasteiger partial charge in [-0.15, -0.1) is 5.10 Å². The highest BCUT2D eigenvalue weighted by Crippen LogP contribution is 2.29. The molecule has 0 fully saturated rings. The van der Waals surface area contributed by atoms with Gasteiger partial charge in [-0.1, -0.05) is 12.1 Å². The lowest BCUT2D eigenvalue weighted by atomic mass is 10.1. The van der Waals surface area contributed by atoms with Crippen LogP contribution in [0.25, 0.3) is 5.78 Å². The number of alkyl halides is 3. The summed E-state index contributed by atoms with van der Waals surface area (Å²) in [4.78, 5) is 34.6. The zero-order chi connectivity index (χ0) is 22.8. The molecule has 3 aromatic rings. The maximum absolute atomic E-state index is 13.1. The van der Waals surface area contributed by atoms with Crippen LogP contribution in [0.15, 0.2) is 30.3 Å². The molecule has 3 rings (SSSR count). The second-order valence-corrected chi connectivity index (χ2v) is 6.85. The molecule has 8 nitrogen and oxygen atoms in total. The van der Waals surface area contributed by atoms with Crippen molar-refractivity contribution >= 4 is 17.7 Å². The molecule has 0 spiro atoms. The van der Waals surface area contributed by atoms with E-state index >= 15 is 0 Å². The number of aromatic nitrogens is 4. The molecule has 11 heteroatoms. The van der Waals surface area contributed by atoms with Gasteiger partial charge >= 0.3 is 12.1 Å². The molecule has 2 heterocycles. The Balaban J connectivity index is 1.90. The molecule has 0 saturated carbocycles. The van der Waals surface area contributed by atoms with E-state index in [-0.39, 0.29) is 24.8 Å². The van der Waals surface area contributed by atoms with Crippen LogP contribution in [-0.2, 0) is 22.3 Å². The molecular formula is C20H20F3N5O3. The summed E-state index contributed by atoms with van der Waals surface area (Å²) in [5.41, 5.74) is 1.01. The Labute approximate surface area is 175 Å². The topological polar surface area (TPSA) is 89.7 Å². The van der Waals surface area contributed by atoms with Crippen molar-refractivity contribution in [3.8, 4) is 0 Å². The Morgan fingerprint density at radius 3 is 2.42 bits per heavy atom. The molecule has 0 aliphatic rings. The molecule has 1 aromatic carbocycles. The molecule has 0 radical (unpaired) electrons. The van der Waals surface area contributed by atoms with E-state index in [9.17, 15) is 22.8 Å².